The predicted molar refractivity (Wildman–Crippen MR) is 263 cm³/mol. The lowest BCUT2D eigenvalue weighted by molar-refractivity contribution is -0.139. The molecule has 0 radical (unpaired) electrons. The highest BCUT2D eigenvalue weighted by Gasteiger charge is 2.91. The lowest BCUT2D eigenvalue weighted by atomic mass is 9.97. The van der Waals surface area contributed by atoms with Gasteiger partial charge in [-0.25, -0.2) is 24.5 Å². The number of H-pyrrole nitrogens is 2. The van der Waals surface area contributed by atoms with E-state index in [4.69, 9.17) is 29.2 Å². The summed E-state index contributed by atoms with van der Waals surface area (Å²) in [6, 6.07) is 11.0. The highest BCUT2D eigenvalue weighted by atomic mass is 32.1. The van der Waals surface area contributed by atoms with Crippen LogP contribution in [-0.4, -0.2) is 102 Å². The molecule has 5 aliphatic rings. The van der Waals surface area contributed by atoms with Crippen LogP contribution < -0.4 is 15.4 Å². The van der Waals surface area contributed by atoms with Crippen LogP contribution in [0.4, 0.5) is 9.59 Å². The molecule has 2 saturated carbocycles. The second-order valence-electron chi connectivity index (χ2n) is 20.6. The molecule has 3 aliphatic heterocycles. The van der Waals surface area contributed by atoms with Gasteiger partial charge in [0, 0.05) is 40.2 Å². The lowest BCUT2D eigenvalue weighted by Gasteiger charge is -2.36. The number of benzene rings is 2. The molecule has 70 heavy (non-hydrogen) atoms. The number of fused-ring (bicyclic) bond motifs is 5. The van der Waals surface area contributed by atoms with E-state index in [1.54, 1.807) is 11.3 Å². The van der Waals surface area contributed by atoms with Crippen LogP contribution in [-0.2, 0) is 25.5 Å². The number of nitrogens with zero attached hydrogens (tertiary/aromatic N) is 6. The van der Waals surface area contributed by atoms with Crippen molar-refractivity contribution in [1.82, 2.24) is 49.9 Å². The van der Waals surface area contributed by atoms with Crippen molar-refractivity contribution in [3.63, 3.8) is 0 Å². The maximum Gasteiger partial charge on any atom is 0.407 e. The van der Waals surface area contributed by atoms with Crippen LogP contribution >= 0.6 is 11.3 Å². The van der Waals surface area contributed by atoms with Gasteiger partial charge in [0.2, 0.25) is 18.0 Å². The zero-order valence-electron chi connectivity index (χ0n) is 40.8. The maximum atomic E-state index is 14.3. The van der Waals surface area contributed by atoms with Gasteiger partial charge in [0.25, 0.3) is 0 Å². The molecular weight excluding hydrogens is 909 g/mol. The molecule has 0 bridgehead atoms. The quantitative estimate of drug-likeness (QED) is 0.0866. The van der Waals surface area contributed by atoms with Crippen molar-refractivity contribution in [3.8, 4) is 39.5 Å². The molecule has 2 aliphatic carbocycles. The van der Waals surface area contributed by atoms with Crippen LogP contribution in [0.3, 0.4) is 0 Å². The van der Waals surface area contributed by atoms with E-state index in [2.05, 4.69) is 75.4 Å². The van der Waals surface area contributed by atoms with Crippen molar-refractivity contribution in [3.05, 3.63) is 82.1 Å². The van der Waals surface area contributed by atoms with Gasteiger partial charge in [-0.15, -0.1) is 11.3 Å². The number of aryl methyl sites for hydroxylation is 2. The molecule has 2 aromatic carbocycles. The minimum atomic E-state index is -0.724. The van der Waals surface area contributed by atoms with Crippen molar-refractivity contribution in [1.29, 1.82) is 0 Å². The Balaban J connectivity index is 0.911. The Labute approximate surface area is 410 Å². The molecule has 11 rings (SSSR count). The summed E-state index contributed by atoms with van der Waals surface area (Å²) in [4.78, 5) is 79.2. The number of amides is 4. The second-order valence-corrected chi connectivity index (χ2v) is 21.7. The molecule has 7 heterocycles. The van der Waals surface area contributed by atoms with E-state index in [0.717, 1.165) is 117 Å². The van der Waals surface area contributed by atoms with E-state index in [9.17, 15) is 19.2 Å². The van der Waals surface area contributed by atoms with Gasteiger partial charge >= 0.3 is 12.2 Å². The van der Waals surface area contributed by atoms with Gasteiger partial charge in [0.1, 0.15) is 29.5 Å². The fourth-order valence-corrected chi connectivity index (χ4v) is 12.8. The van der Waals surface area contributed by atoms with E-state index in [0.29, 0.717) is 12.4 Å². The molecule has 2 saturated heterocycles. The summed E-state index contributed by atoms with van der Waals surface area (Å²) >= 11 is 1.67. The molecule has 2 unspecified atom stereocenters. The number of likely N-dealkylation sites (tertiary alicyclic amines) is 2. The number of alkyl carbamates (subject to hydrolysis) is 2. The van der Waals surface area contributed by atoms with Gasteiger partial charge in [-0.05, 0) is 99.6 Å². The number of hydrogen-bond donors (Lipinski definition) is 4. The van der Waals surface area contributed by atoms with Crippen molar-refractivity contribution in [2.75, 3.05) is 20.8 Å². The van der Waals surface area contributed by atoms with E-state index in [-0.39, 0.29) is 46.7 Å². The Morgan fingerprint density at radius 3 is 2.20 bits per heavy atom. The van der Waals surface area contributed by atoms with E-state index in [1.165, 1.54) is 14.2 Å². The third-order valence-corrected chi connectivity index (χ3v) is 16.6. The largest absolute Gasteiger partial charge is 0.464 e. The van der Waals surface area contributed by atoms with Crippen LogP contribution in [0.1, 0.15) is 119 Å². The Hall–Kier alpha value is -6.69. The molecule has 6 aromatic rings. The van der Waals surface area contributed by atoms with Gasteiger partial charge in [0.15, 0.2) is 0 Å². The Morgan fingerprint density at radius 2 is 1.53 bits per heavy atom. The number of rotatable bonds is 13. The highest BCUT2D eigenvalue weighted by molar-refractivity contribution is 7.11. The molecule has 17 nitrogen and oxygen atoms in total. The summed E-state index contributed by atoms with van der Waals surface area (Å²) in [6.07, 6.45) is 10.2. The maximum absolute atomic E-state index is 14.3. The van der Waals surface area contributed by atoms with E-state index < -0.39 is 30.5 Å². The first-order chi connectivity index (χ1) is 33.7. The normalized spacial score (nSPS) is 23.6. The van der Waals surface area contributed by atoms with Crippen LogP contribution in [0.15, 0.2) is 55.0 Å². The molecule has 5 atom stereocenters. The van der Waals surface area contributed by atoms with Crippen LogP contribution in [0.25, 0.3) is 44.7 Å². The predicted octanol–water partition coefficient (Wildman–Crippen LogP) is 8.98. The monoisotopic (exact) mass is 968 g/mol. The number of aromatic amines is 2. The molecule has 0 spiro atoms. The summed E-state index contributed by atoms with van der Waals surface area (Å²) < 4.78 is 19.1. The van der Waals surface area contributed by atoms with Crippen LogP contribution in [0, 0.1) is 24.2 Å². The number of carbonyl (C=O) groups is 4. The first-order valence-electron chi connectivity index (χ1n) is 24.5. The summed E-state index contributed by atoms with van der Waals surface area (Å²) in [7, 11) is 2.61. The number of imidazole rings is 2. The number of thiazole rings is 1. The number of hydrogen-bond acceptors (Lipinski definition) is 11. The van der Waals surface area contributed by atoms with Gasteiger partial charge < -0.3 is 44.6 Å². The molecule has 4 fully saturated rings. The highest BCUT2D eigenvalue weighted by Crippen LogP contribution is 2.89. The summed E-state index contributed by atoms with van der Waals surface area (Å²) in [5.74, 6) is 1.68. The zero-order chi connectivity index (χ0) is 49.0. The summed E-state index contributed by atoms with van der Waals surface area (Å²) in [6.45, 7) is 12.5. The first-order valence-corrected chi connectivity index (χ1v) is 25.3. The van der Waals surface area contributed by atoms with Gasteiger partial charge in [-0.1, -0.05) is 40.7 Å². The van der Waals surface area contributed by atoms with Crippen molar-refractivity contribution >= 4 is 46.2 Å². The Kier molecular flexibility index (Phi) is 11.1. The molecule has 366 valence electrons. The van der Waals surface area contributed by atoms with Crippen molar-refractivity contribution in [2.24, 2.45) is 17.3 Å². The minimum Gasteiger partial charge on any atom is -0.464 e. The molecule has 18 heteroatoms. The zero-order valence-corrected chi connectivity index (χ0v) is 41.7. The van der Waals surface area contributed by atoms with Crippen LogP contribution in [0.2, 0.25) is 0 Å². The average Bonchev–Trinajstić information content (AvgIpc) is 3.99. The SMILES string of the molecule is CCCc1ncc(C2Oc3cc(-c4cnc([C@@H]5CCCN5C(=O)C(NC(=O)OC)C(C)C)[nH]4)cc(C)c3-c3cc4cc(-c5cnc([C@@H]6CC78CC7(C8)N6C(=O)[C@@H](NC(=O)OC)C(C)C)[nH]5)ccc4n32)s1. The average molecular weight is 969 g/mol. The molecular formula is C52H60N10O7S. The number of aromatic nitrogens is 6. The number of nitrogens with one attached hydrogen (secondary N) is 4. The van der Waals surface area contributed by atoms with Gasteiger partial charge in [-0.3, -0.25) is 14.2 Å². The lowest BCUT2D eigenvalue weighted by Crippen LogP contribution is -2.53. The molecule has 4 aromatic heterocycles. The molecule has 4 N–H and O–H groups in total. The first kappa shape index (κ1) is 45.7. The third kappa shape index (κ3) is 7.34. The van der Waals surface area contributed by atoms with Gasteiger partial charge in [-0.2, -0.15) is 0 Å². The van der Waals surface area contributed by atoms with E-state index >= 15 is 0 Å². The fraction of sp³-hybridized carbons (Fsp3) is 0.481. The number of ether oxygens (including phenoxy) is 3. The van der Waals surface area contributed by atoms with Gasteiger partial charge in [0.05, 0.1) is 76.7 Å². The molecule has 4 amide bonds. The smallest absolute Gasteiger partial charge is 0.407 e. The van der Waals surface area contributed by atoms with E-state index in [1.807, 2.05) is 56.1 Å². The van der Waals surface area contributed by atoms with Crippen molar-refractivity contribution in [2.45, 2.75) is 122 Å². The summed E-state index contributed by atoms with van der Waals surface area (Å²) in [5.41, 5.74) is 7.60. The third-order valence-electron chi connectivity index (χ3n) is 15.5. The fourth-order valence-electron chi connectivity index (χ4n) is 11.7. The minimum absolute atomic E-state index is 0.0889. The van der Waals surface area contributed by atoms with Crippen LogP contribution in [0.5, 0.6) is 5.75 Å². The number of methoxy groups -OCH3 is 2. The Bertz CT molecular complexity index is 3070. The Morgan fingerprint density at radius 1 is 0.857 bits per heavy atom. The second kappa shape index (κ2) is 17.0. The summed E-state index contributed by atoms with van der Waals surface area (Å²) in [5, 5.41) is 7.63. The number of piperidine rings is 2. The van der Waals surface area contributed by atoms with Crippen molar-refractivity contribution < 1.29 is 33.4 Å². The standard InChI is InChI=1S/C52H60N10O7S/c1-9-11-40-53-23-39(70-40)48-61-34-14-13-29(32-21-55-45(56-32)37-20-51-24-52(51,25-51)62(37)47(64)43(27(4)5)59-50(66)68-8)17-31(34)18-36(61)41-28(6)16-30(19-38(41)69-48)33-22-54-44(57-33)35-12-10-15-60(35)46(63)42(26(2)3)58-49(65)67-7/h13-14,16-19,21-23,26-27,35,37,42-43,48H,9-12,15,20,24-25H2,1-8H3,(H,54,57)(H,55,56)(H,58,65)(H,59,66)/t35-,37-,42?,43-,48?,51?,52?/m0/s1. The topological polar surface area (TPSA) is 202 Å². The number of carbonyl (C=O) groups excluding carboxylic acids is 4.